The van der Waals surface area contributed by atoms with Crippen LogP contribution in [0.2, 0.25) is 10.1 Å². The topological polar surface area (TPSA) is 74.2 Å². The van der Waals surface area contributed by atoms with Crippen LogP contribution in [0.3, 0.4) is 0 Å². The molecule has 1 heterocycles. The standard InChI is InChI=1S/C53H72O6Si2/c1-12-25-41(34-36-56-60(50(2,3)4,44-26-17-13-18-27-44)45-28-19-14-20-29-45)38-42(54)39-48(55)52(8,9)49-40-43(58-53(10,11)59-49)35-37-57-61(51(5,6)7,46-30-21-15-22-31-46)47-32-23-16-24-33-47/h12-24,26-34,42-43,49,54H,1,25,35-40H2,2-11H3/b41-34+/t42-,43+,49-/m0/s1. The Morgan fingerprint density at radius 2 is 1.15 bits per heavy atom. The van der Waals surface area contributed by atoms with Crippen molar-refractivity contribution in [2.45, 2.75) is 136 Å². The second-order valence-corrected chi connectivity index (χ2v) is 28.4. The zero-order chi connectivity index (χ0) is 44.5. The van der Waals surface area contributed by atoms with E-state index in [0.717, 1.165) is 5.57 Å². The molecule has 1 aliphatic heterocycles. The minimum atomic E-state index is -2.74. The molecule has 0 aromatic heterocycles. The van der Waals surface area contributed by atoms with E-state index >= 15 is 0 Å². The molecular weight excluding hydrogens is 789 g/mol. The van der Waals surface area contributed by atoms with Crippen LogP contribution in [0.4, 0.5) is 0 Å². The minimum absolute atomic E-state index is 0.0137. The smallest absolute Gasteiger partial charge is 0.261 e. The number of allylic oxidation sites excluding steroid dienone is 1. The predicted molar refractivity (Wildman–Crippen MR) is 257 cm³/mol. The number of hydrogen-bond acceptors (Lipinski definition) is 6. The Labute approximate surface area is 369 Å². The van der Waals surface area contributed by atoms with Gasteiger partial charge in [-0.05, 0) is 63.9 Å². The lowest BCUT2D eigenvalue weighted by molar-refractivity contribution is -0.314. The first-order valence-corrected chi connectivity index (χ1v) is 25.9. The number of hydrogen-bond donors (Lipinski definition) is 1. The molecule has 1 N–H and O–H groups in total. The van der Waals surface area contributed by atoms with E-state index in [4.69, 9.17) is 18.3 Å². The van der Waals surface area contributed by atoms with Gasteiger partial charge in [0.2, 0.25) is 0 Å². The Morgan fingerprint density at radius 3 is 1.56 bits per heavy atom. The third-order valence-electron chi connectivity index (χ3n) is 12.5. The maximum absolute atomic E-state index is 14.2. The number of Topliss-reactive ketones (excluding diaryl/α,β-unsaturated/α-hetero) is 1. The average molecular weight is 861 g/mol. The van der Waals surface area contributed by atoms with Gasteiger partial charge in [-0.15, -0.1) is 6.58 Å². The normalized spacial score (nSPS) is 18.4. The molecule has 61 heavy (non-hydrogen) atoms. The van der Waals surface area contributed by atoms with Crippen LogP contribution in [0.15, 0.2) is 146 Å². The minimum Gasteiger partial charge on any atom is -0.407 e. The van der Waals surface area contributed by atoms with Crippen LogP contribution in [-0.2, 0) is 23.1 Å². The quantitative estimate of drug-likeness (QED) is 0.0749. The average Bonchev–Trinajstić information content (AvgIpc) is 3.21. The zero-order valence-corrected chi connectivity index (χ0v) is 40.6. The van der Waals surface area contributed by atoms with E-state index in [2.05, 4.69) is 163 Å². The number of carbonyl (C=O) groups excluding carboxylic acids is 1. The molecule has 0 bridgehead atoms. The van der Waals surface area contributed by atoms with Gasteiger partial charge in [0.25, 0.3) is 16.6 Å². The van der Waals surface area contributed by atoms with Crippen molar-refractivity contribution in [2.75, 3.05) is 13.2 Å². The van der Waals surface area contributed by atoms with Crippen molar-refractivity contribution in [3.8, 4) is 0 Å². The molecule has 1 aliphatic rings. The summed E-state index contributed by atoms with van der Waals surface area (Å²) in [4.78, 5) is 14.2. The molecule has 1 saturated heterocycles. The summed E-state index contributed by atoms with van der Waals surface area (Å²) in [6.07, 6.45) is 4.64. The molecule has 5 rings (SSSR count). The van der Waals surface area contributed by atoms with Gasteiger partial charge in [0.15, 0.2) is 5.79 Å². The maximum atomic E-state index is 14.2. The predicted octanol–water partition coefficient (Wildman–Crippen LogP) is 9.68. The van der Waals surface area contributed by atoms with Crippen LogP contribution in [0.1, 0.15) is 101 Å². The Balaban J connectivity index is 1.27. The molecule has 6 nitrogen and oxygen atoms in total. The first-order chi connectivity index (χ1) is 28.8. The van der Waals surface area contributed by atoms with E-state index in [0.29, 0.717) is 38.9 Å². The highest BCUT2D eigenvalue weighted by Crippen LogP contribution is 2.41. The Morgan fingerprint density at radius 1 is 0.721 bits per heavy atom. The molecule has 0 saturated carbocycles. The lowest BCUT2D eigenvalue weighted by Crippen LogP contribution is -2.66. The molecular formula is C53H72O6Si2. The largest absolute Gasteiger partial charge is 0.407 e. The highest BCUT2D eigenvalue weighted by molar-refractivity contribution is 7.00. The van der Waals surface area contributed by atoms with Crippen molar-refractivity contribution in [3.63, 3.8) is 0 Å². The summed E-state index contributed by atoms with van der Waals surface area (Å²) in [6.45, 7) is 26.3. The van der Waals surface area contributed by atoms with Crippen LogP contribution in [0, 0.1) is 5.41 Å². The SMILES string of the molecule is C=CC/C(=C\CO[Si](c1ccccc1)(c1ccccc1)C(C)(C)C)C[C@H](O)CC(=O)C(C)(C)[C@@H]1C[C@@H](CCO[Si](c2ccccc2)(c2ccccc2)C(C)(C)C)OC(C)(C)O1. The van der Waals surface area contributed by atoms with Gasteiger partial charge in [0.05, 0.1) is 24.9 Å². The zero-order valence-electron chi connectivity index (χ0n) is 38.6. The second-order valence-electron chi connectivity index (χ2n) is 19.8. The molecule has 0 spiro atoms. The first-order valence-electron chi connectivity index (χ1n) is 22.1. The van der Waals surface area contributed by atoms with Crippen molar-refractivity contribution in [1.29, 1.82) is 0 Å². The summed E-state index contributed by atoms with van der Waals surface area (Å²) in [5, 5.41) is 16.1. The molecule has 4 aromatic carbocycles. The second kappa shape index (κ2) is 20.2. The monoisotopic (exact) mass is 860 g/mol. The summed E-state index contributed by atoms with van der Waals surface area (Å²) in [6, 6.07) is 42.5. The summed E-state index contributed by atoms with van der Waals surface area (Å²) in [7, 11) is -5.46. The van der Waals surface area contributed by atoms with Crippen LogP contribution in [-0.4, -0.2) is 64.8 Å². The highest BCUT2D eigenvalue weighted by Gasteiger charge is 2.52. The maximum Gasteiger partial charge on any atom is 0.261 e. The van der Waals surface area contributed by atoms with Gasteiger partial charge in [-0.2, -0.15) is 0 Å². The van der Waals surface area contributed by atoms with E-state index in [-0.39, 0.29) is 28.4 Å². The first kappa shape index (κ1) is 48.3. The van der Waals surface area contributed by atoms with Gasteiger partial charge in [-0.25, -0.2) is 0 Å². The van der Waals surface area contributed by atoms with Crippen molar-refractivity contribution >= 4 is 43.2 Å². The van der Waals surface area contributed by atoms with Crippen molar-refractivity contribution in [2.24, 2.45) is 5.41 Å². The van der Waals surface area contributed by atoms with Crippen molar-refractivity contribution in [3.05, 3.63) is 146 Å². The fraction of sp³-hybridized carbons (Fsp3) is 0.453. The molecule has 4 aromatic rings. The molecule has 0 unspecified atom stereocenters. The van der Waals surface area contributed by atoms with Gasteiger partial charge in [0, 0.05) is 24.9 Å². The van der Waals surface area contributed by atoms with Gasteiger partial charge in [-0.1, -0.05) is 194 Å². The van der Waals surface area contributed by atoms with Crippen molar-refractivity contribution < 1.29 is 28.2 Å². The Bertz CT molecular complexity index is 1940. The number of ether oxygens (including phenoxy) is 2. The van der Waals surface area contributed by atoms with Crippen LogP contribution in [0.5, 0.6) is 0 Å². The number of carbonyl (C=O) groups is 1. The lowest BCUT2D eigenvalue weighted by atomic mass is 9.76. The summed E-state index contributed by atoms with van der Waals surface area (Å²) < 4.78 is 27.4. The van der Waals surface area contributed by atoms with E-state index in [9.17, 15) is 9.90 Å². The Hall–Kier alpha value is -3.74. The molecule has 8 heteroatoms. The fourth-order valence-corrected chi connectivity index (χ4v) is 18.4. The van der Waals surface area contributed by atoms with Gasteiger partial charge in [-0.3, -0.25) is 4.79 Å². The molecule has 1 fully saturated rings. The van der Waals surface area contributed by atoms with Crippen LogP contribution >= 0.6 is 0 Å². The van der Waals surface area contributed by atoms with Crippen LogP contribution in [0.25, 0.3) is 0 Å². The van der Waals surface area contributed by atoms with Gasteiger partial charge in [0.1, 0.15) is 5.78 Å². The summed E-state index contributed by atoms with van der Waals surface area (Å²) in [5.41, 5.74) is 0.129. The number of aliphatic hydroxyl groups is 1. The number of aliphatic hydroxyl groups excluding tert-OH is 1. The lowest BCUT2D eigenvalue weighted by Gasteiger charge is -2.47. The fourth-order valence-electron chi connectivity index (χ4n) is 9.34. The van der Waals surface area contributed by atoms with E-state index in [1.54, 1.807) is 0 Å². The molecule has 0 aliphatic carbocycles. The third-order valence-corrected chi connectivity index (χ3v) is 22.5. The molecule has 0 amide bonds. The molecule has 328 valence electrons. The van der Waals surface area contributed by atoms with E-state index in [1.807, 2.05) is 45.9 Å². The van der Waals surface area contributed by atoms with E-state index < -0.39 is 40.0 Å². The Kier molecular flexibility index (Phi) is 16.0. The third kappa shape index (κ3) is 11.3. The van der Waals surface area contributed by atoms with Gasteiger partial charge < -0.3 is 23.4 Å². The molecule has 0 radical (unpaired) electrons. The van der Waals surface area contributed by atoms with E-state index in [1.165, 1.54) is 20.7 Å². The van der Waals surface area contributed by atoms with Crippen LogP contribution < -0.4 is 20.7 Å². The number of rotatable bonds is 19. The number of ketones is 1. The van der Waals surface area contributed by atoms with Gasteiger partial charge >= 0.3 is 0 Å². The van der Waals surface area contributed by atoms with Crippen molar-refractivity contribution in [1.82, 2.24) is 0 Å². The number of benzene rings is 4. The highest BCUT2D eigenvalue weighted by atomic mass is 28.4. The summed E-state index contributed by atoms with van der Waals surface area (Å²) >= 11 is 0. The molecule has 3 atom stereocenters. The summed E-state index contributed by atoms with van der Waals surface area (Å²) in [5.74, 6) is -0.932.